The van der Waals surface area contributed by atoms with Crippen LogP contribution in [-0.4, -0.2) is 48.8 Å². The van der Waals surface area contributed by atoms with Crippen molar-refractivity contribution in [3.63, 3.8) is 0 Å². The quantitative estimate of drug-likeness (QED) is 0.263. The van der Waals surface area contributed by atoms with Crippen molar-refractivity contribution in [1.82, 2.24) is 0 Å². The summed E-state index contributed by atoms with van der Waals surface area (Å²) in [5.41, 5.74) is 0. The van der Waals surface area contributed by atoms with E-state index < -0.39 is 5.97 Å². The van der Waals surface area contributed by atoms with Gasteiger partial charge in [0.2, 0.25) is 0 Å². The van der Waals surface area contributed by atoms with Crippen LogP contribution in [0.4, 0.5) is 0 Å². The first-order valence-corrected chi connectivity index (χ1v) is 8.59. The van der Waals surface area contributed by atoms with Crippen molar-refractivity contribution in [2.24, 2.45) is 0 Å². The monoisotopic (exact) mass is 346 g/mol. The molecule has 128 valence electrons. The molecule has 0 aromatic rings. The van der Waals surface area contributed by atoms with Crippen LogP contribution in [0.5, 0.6) is 0 Å². The number of carbonyl (C=O) groups is 1. The minimum absolute atomic E-state index is 0. The van der Waals surface area contributed by atoms with Gasteiger partial charge in [0.25, 0.3) is 0 Å². The molecule has 0 amide bonds. The zero-order valence-corrected chi connectivity index (χ0v) is 14.0. The molecule has 0 radical (unpaired) electrons. The third kappa shape index (κ3) is 24.1. The Labute approximate surface area is 172 Å². The Hall–Kier alpha value is -0.310. The van der Waals surface area contributed by atoms with Gasteiger partial charge in [-0.3, -0.25) is 4.79 Å². The van der Waals surface area contributed by atoms with Gasteiger partial charge in [-0.1, -0.05) is 68.4 Å². The van der Waals surface area contributed by atoms with Crippen LogP contribution in [0.15, 0.2) is 48.6 Å². The van der Waals surface area contributed by atoms with Crippen LogP contribution in [0.25, 0.3) is 0 Å². The minimum atomic E-state index is -0.712. The Kier molecular flexibility index (Phi) is 23.5. The third-order valence-electron chi connectivity index (χ3n) is 3.22. The van der Waals surface area contributed by atoms with Gasteiger partial charge in [-0.2, -0.15) is 0 Å². The number of allylic oxidation sites excluding steroid dienone is 8. The number of unbranched alkanes of at least 4 members (excludes halogenated alkanes) is 4. The molecule has 0 heterocycles. The second-order valence-corrected chi connectivity index (χ2v) is 5.37. The Bertz CT molecular complexity index is 368. The van der Waals surface area contributed by atoms with Crippen LogP contribution < -0.4 is 0 Å². The fraction of sp³-hybridized carbons (Fsp3) is 0.550. The molecule has 0 aliphatic carbocycles. The van der Waals surface area contributed by atoms with E-state index in [9.17, 15) is 4.79 Å². The molecule has 0 bridgehead atoms. The Morgan fingerprint density at radius 1 is 0.739 bits per heavy atom. The maximum atomic E-state index is 10.3. The molecule has 1 N–H and O–H groups in total. The number of carboxylic acids is 1. The van der Waals surface area contributed by atoms with Gasteiger partial charge >= 0.3 is 43.7 Å². The Balaban J connectivity index is 0. The molecule has 0 unspecified atom stereocenters. The van der Waals surface area contributed by atoms with Crippen molar-refractivity contribution >= 4 is 43.7 Å². The van der Waals surface area contributed by atoms with Crippen molar-refractivity contribution in [2.75, 3.05) is 0 Å². The number of aliphatic carboxylic acids is 1. The summed E-state index contributed by atoms with van der Waals surface area (Å²) in [6.45, 7) is 2.23. The zero-order valence-electron chi connectivity index (χ0n) is 14.0. The van der Waals surface area contributed by atoms with E-state index >= 15 is 0 Å². The van der Waals surface area contributed by atoms with Crippen LogP contribution >= 0.6 is 0 Å². The van der Waals surface area contributed by atoms with Crippen LogP contribution in [0.2, 0.25) is 0 Å². The third-order valence-corrected chi connectivity index (χ3v) is 3.22. The molecule has 0 aromatic heterocycles. The van der Waals surface area contributed by atoms with E-state index in [0.717, 1.165) is 32.1 Å². The number of hydrogen-bond donors (Lipinski definition) is 1. The standard InChI is InChI=1S/C20H32O2.Ca.2H/c1-2-3-4-5-6-7-8-9-10-11-12-13-14-15-16-17-18-19-20(21)22;;;/h6-7,9-10,12-13,15-16H,2-5,8,11,14,17-19H2,1H3,(H,21,22);;;. The second-order valence-electron chi connectivity index (χ2n) is 5.37. The molecular weight excluding hydrogens is 312 g/mol. The van der Waals surface area contributed by atoms with E-state index in [0.29, 0.717) is 0 Å². The molecule has 2 nitrogen and oxygen atoms in total. The fourth-order valence-electron chi connectivity index (χ4n) is 1.93. The molecule has 3 heteroatoms. The normalized spacial score (nSPS) is 11.9. The molecule has 0 aromatic carbocycles. The topological polar surface area (TPSA) is 37.3 Å². The van der Waals surface area contributed by atoms with Gasteiger partial charge in [0.15, 0.2) is 0 Å². The van der Waals surface area contributed by atoms with E-state index in [4.69, 9.17) is 5.11 Å². The molecule has 0 rings (SSSR count). The van der Waals surface area contributed by atoms with Gasteiger partial charge in [-0.25, -0.2) is 0 Å². The van der Waals surface area contributed by atoms with E-state index in [1.807, 2.05) is 0 Å². The molecule has 0 fully saturated rings. The summed E-state index contributed by atoms with van der Waals surface area (Å²) in [4.78, 5) is 10.3. The van der Waals surface area contributed by atoms with Crippen molar-refractivity contribution in [1.29, 1.82) is 0 Å². The van der Waals surface area contributed by atoms with Gasteiger partial charge in [0.1, 0.15) is 0 Å². The van der Waals surface area contributed by atoms with Gasteiger partial charge in [-0.05, 0) is 44.9 Å². The summed E-state index contributed by atoms with van der Waals surface area (Å²) in [6.07, 6.45) is 27.3. The summed E-state index contributed by atoms with van der Waals surface area (Å²) in [7, 11) is 0. The summed E-state index contributed by atoms with van der Waals surface area (Å²) < 4.78 is 0. The van der Waals surface area contributed by atoms with Gasteiger partial charge in [-0.15, -0.1) is 0 Å². The van der Waals surface area contributed by atoms with Crippen LogP contribution in [0.1, 0.15) is 71.1 Å². The zero-order chi connectivity index (χ0) is 16.3. The molecule has 0 aliphatic heterocycles. The van der Waals surface area contributed by atoms with Crippen molar-refractivity contribution in [3.8, 4) is 0 Å². The first-order chi connectivity index (χ1) is 10.8. The summed E-state index contributed by atoms with van der Waals surface area (Å²) >= 11 is 0. The Morgan fingerprint density at radius 3 is 1.61 bits per heavy atom. The van der Waals surface area contributed by atoms with Crippen molar-refractivity contribution < 1.29 is 9.90 Å². The molecule has 0 saturated carbocycles. The Morgan fingerprint density at radius 2 is 1.17 bits per heavy atom. The fourth-order valence-corrected chi connectivity index (χ4v) is 1.93. The molecular formula is C20H34CaO2. The SMILES string of the molecule is CCCCCC=CCC=CCC=CCC=CCCCC(=O)O.[CaH2]. The van der Waals surface area contributed by atoms with Gasteiger partial charge in [0.05, 0.1) is 0 Å². The predicted octanol–water partition coefficient (Wildman–Crippen LogP) is 5.30. The molecule has 0 spiro atoms. The van der Waals surface area contributed by atoms with Crippen molar-refractivity contribution in [2.45, 2.75) is 71.1 Å². The molecule has 0 saturated heterocycles. The second kappa shape index (κ2) is 21.7. The maximum absolute atomic E-state index is 10.3. The summed E-state index contributed by atoms with van der Waals surface area (Å²) in [5.74, 6) is -0.712. The predicted molar refractivity (Wildman–Crippen MR) is 105 cm³/mol. The summed E-state index contributed by atoms with van der Waals surface area (Å²) in [5, 5.41) is 8.49. The molecule has 0 aliphatic rings. The number of carboxylic acid groups (broad SMARTS) is 1. The molecule has 23 heavy (non-hydrogen) atoms. The first-order valence-electron chi connectivity index (χ1n) is 8.59. The van der Waals surface area contributed by atoms with Crippen molar-refractivity contribution in [3.05, 3.63) is 48.6 Å². The van der Waals surface area contributed by atoms with Gasteiger partial charge in [0, 0.05) is 6.42 Å². The number of hydrogen-bond acceptors (Lipinski definition) is 1. The van der Waals surface area contributed by atoms with E-state index in [2.05, 4.69) is 55.5 Å². The summed E-state index contributed by atoms with van der Waals surface area (Å²) in [6, 6.07) is 0. The molecule has 0 atom stereocenters. The van der Waals surface area contributed by atoms with Crippen LogP contribution in [0, 0.1) is 0 Å². The van der Waals surface area contributed by atoms with Crippen LogP contribution in [0.3, 0.4) is 0 Å². The van der Waals surface area contributed by atoms with E-state index in [1.165, 1.54) is 25.7 Å². The van der Waals surface area contributed by atoms with Crippen LogP contribution in [-0.2, 0) is 4.79 Å². The first kappa shape index (κ1) is 24.9. The van der Waals surface area contributed by atoms with Gasteiger partial charge < -0.3 is 5.11 Å². The average molecular weight is 347 g/mol. The average Bonchev–Trinajstić information content (AvgIpc) is 2.50. The van der Waals surface area contributed by atoms with E-state index in [1.54, 1.807) is 0 Å². The number of rotatable bonds is 14. The van der Waals surface area contributed by atoms with E-state index in [-0.39, 0.29) is 44.2 Å².